The molecule has 13 heavy (non-hydrogen) atoms. The van der Waals surface area contributed by atoms with E-state index in [1.807, 2.05) is 32.0 Å². The minimum atomic E-state index is 0.0285. The fraction of sp³-hybridized carbons (Fsp3) is 0.364. The largest absolute Gasteiger partial charge is 0.396 e. The summed E-state index contributed by atoms with van der Waals surface area (Å²) in [6.07, 6.45) is 0.842. The maximum Gasteiger partial charge on any atom is 0.150 e. The Morgan fingerprint density at radius 1 is 1.54 bits per heavy atom. The molecule has 0 spiro atoms. The average molecular weight is 178 g/mol. The zero-order valence-electron chi connectivity index (χ0n) is 7.95. The van der Waals surface area contributed by atoms with Crippen LogP contribution in [0.2, 0.25) is 0 Å². The lowest BCUT2D eigenvalue weighted by Crippen LogP contribution is -2.03. The summed E-state index contributed by atoms with van der Waals surface area (Å²) < 4.78 is 0. The van der Waals surface area contributed by atoms with Crippen LogP contribution in [-0.4, -0.2) is 18.0 Å². The molecule has 0 amide bonds. The van der Waals surface area contributed by atoms with Crippen LogP contribution in [0.25, 0.3) is 0 Å². The SMILES string of the molecule is Cc1ccc(C(C)CO)c(C=O)c1. The predicted molar refractivity (Wildman–Crippen MR) is 52.1 cm³/mol. The van der Waals surface area contributed by atoms with Gasteiger partial charge in [0, 0.05) is 18.1 Å². The van der Waals surface area contributed by atoms with E-state index in [1.54, 1.807) is 0 Å². The lowest BCUT2D eigenvalue weighted by molar-refractivity contribution is 0.112. The molecular weight excluding hydrogens is 164 g/mol. The third kappa shape index (κ3) is 2.16. The first-order valence-electron chi connectivity index (χ1n) is 4.35. The van der Waals surface area contributed by atoms with Gasteiger partial charge in [0.25, 0.3) is 0 Å². The summed E-state index contributed by atoms with van der Waals surface area (Å²) in [6, 6.07) is 5.70. The highest BCUT2D eigenvalue weighted by atomic mass is 16.3. The van der Waals surface area contributed by atoms with Crippen molar-refractivity contribution in [3.63, 3.8) is 0 Å². The quantitative estimate of drug-likeness (QED) is 0.718. The number of hydrogen-bond acceptors (Lipinski definition) is 2. The first-order chi connectivity index (χ1) is 6.19. The molecule has 1 atom stereocenters. The van der Waals surface area contributed by atoms with Crippen LogP contribution in [0.1, 0.15) is 34.3 Å². The number of benzene rings is 1. The Morgan fingerprint density at radius 2 is 2.23 bits per heavy atom. The summed E-state index contributed by atoms with van der Waals surface area (Å²) >= 11 is 0. The van der Waals surface area contributed by atoms with Crippen LogP contribution in [0, 0.1) is 6.92 Å². The molecule has 0 heterocycles. The minimum absolute atomic E-state index is 0.0285. The number of carbonyl (C=O) groups excluding carboxylic acids is 1. The molecule has 1 N–H and O–H groups in total. The van der Waals surface area contributed by atoms with E-state index in [9.17, 15) is 4.79 Å². The van der Waals surface area contributed by atoms with Crippen molar-refractivity contribution in [2.24, 2.45) is 0 Å². The number of aldehydes is 1. The fourth-order valence-electron chi connectivity index (χ4n) is 1.34. The molecule has 2 heteroatoms. The van der Waals surface area contributed by atoms with Crippen LogP contribution < -0.4 is 0 Å². The molecule has 1 unspecified atom stereocenters. The van der Waals surface area contributed by atoms with Gasteiger partial charge < -0.3 is 5.11 Å². The Labute approximate surface area is 78.2 Å². The molecule has 1 rings (SSSR count). The first-order valence-corrected chi connectivity index (χ1v) is 4.35. The van der Waals surface area contributed by atoms with Gasteiger partial charge in [-0.1, -0.05) is 24.6 Å². The molecule has 1 aromatic carbocycles. The van der Waals surface area contributed by atoms with Crippen molar-refractivity contribution in [2.45, 2.75) is 19.8 Å². The molecule has 1 aromatic rings. The summed E-state index contributed by atoms with van der Waals surface area (Å²) in [4.78, 5) is 10.7. The second-order valence-electron chi connectivity index (χ2n) is 3.33. The Hall–Kier alpha value is -1.15. The van der Waals surface area contributed by atoms with E-state index in [1.165, 1.54) is 0 Å². The van der Waals surface area contributed by atoms with Crippen molar-refractivity contribution in [1.82, 2.24) is 0 Å². The van der Waals surface area contributed by atoms with Crippen LogP contribution >= 0.6 is 0 Å². The first kappa shape index (κ1) is 9.93. The lowest BCUT2D eigenvalue weighted by atomic mass is 9.95. The predicted octanol–water partition coefficient (Wildman–Crippen LogP) is 1.90. The van der Waals surface area contributed by atoms with Gasteiger partial charge in [-0.3, -0.25) is 4.79 Å². The van der Waals surface area contributed by atoms with Gasteiger partial charge in [0.05, 0.1) is 0 Å². The molecule has 0 saturated heterocycles. The summed E-state index contributed by atoms with van der Waals surface area (Å²) in [6.45, 7) is 3.92. The maximum atomic E-state index is 10.7. The summed E-state index contributed by atoms with van der Waals surface area (Å²) in [5.74, 6) is 0.0285. The van der Waals surface area contributed by atoms with Gasteiger partial charge in [0.1, 0.15) is 6.29 Å². The van der Waals surface area contributed by atoms with Gasteiger partial charge in [0.15, 0.2) is 0 Å². The normalized spacial score (nSPS) is 12.5. The van der Waals surface area contributed by atoms with Crippen molar-refractivity contribution in [3.05, 3.63) is 34.9 Å². The number of aryl methyl sites for hydroxylation is 1. The Bertz CT molecular complexity index is 305. The van der Waals surface area contributed by atoms with Gasteiger partial charge in [-0.25, -0.2) is 0 Å². The third-order valence-electron chi connectivity index (χ3n) is 2.17. The average Bonchev–Trinajstić information content (AvgIpc) is 2.16. The minimum Gasteiger partial charge on any atom is -0.396 e. The van der Waals surface area contributed by atoms with E-state index in [2.05, 4.69) is 0 Å². The summed E-state index contributed by atoms with van der Waals surface area (Å²) in [5, 5.41) is 8.96. The molecule has 0 fully saturated rings. The van der Waals surface area contributed by atoms with E-state index in [-0.39, 0.29) is 12.5 Å². The highest BCUT2D eigenvalue weighted by molar-refractivity contribution is 5.78. The number of hydrogen-bond donors (Lipinski definition) is 1. The molecule has 0 aliphatic heterocycles. The van der Waals surface area contributed by atoms with E-state index < -0.39 is 0 Å². The molecule has 0 bridgehead atoms. The number of rotatable bonds is 3. The zero-order valence-corrected chi connectivity index (χ0v) is 7.95. The van der Waals surface area contributed by atoms with Crippen LogP contribution in [0.4, 0.5) is 0 Å². The summed E-state index contributed by atoms with van der Waals surface area (Å²) in [5.41, 5.74) is 2.67. The fourth-order valence-corrected chi connectivity index (χ4v) is 1.34. The van der Waals surface area contributed by atoms with Crippen LogP contribution in [-0.2, 0) is 0 Å². The van der Waals surface area contributed by atoms with Gasteiger partial charge in [-0.2, -0.15) is 0 Å². The van der Waals surface area contributed by atoms with Crippen molar-refractivity contribution >= 4 is 6.29 Å². The summed E-state index contributed by atoms with van der Waals surface area (Å²) in [7, 11) is 0. The number of aliphatic hydroxyl groups is 1. The van der Waals surface area contributed by atoms with Crippen molar-refractivity contribution in [3.8, 4) is 0 Å². The standard InChI is InChI=1S/C11H14O2/c1-8-3-4-11(9(2)6-12)10(5-8)7-13/h3-5,7,9,12H,6H2,1-2H3. The maximum absolute atomic E-state index is 10.7. The van der Waals surface area contributed by atoms with Gasteiger partial charge in [-0.15, -0.1) is 0 Å². The number of carbonyl (C=O) groups is 1. The van der Waals surface area contributed by atoms with E-state index in [0.717, 1.165) is 17.4 Å². The Kier molecular flexibility index (Phi) is 3.20. The number of aliphatic hydroxyl groups excluding tert-OH is 1. The zero-order chi connectivity index (χ0) is 9.84. The lowest BCUT2D eigenvalue weighted by Gasteiger charge is -2.11. The molecule has 2 nitrogen and oxygen atoms in total. The molecule has 0 aromatic heterocycles. The van der Waals surface area contributed by atoms with Crippen molar-refractivity contribution in [2.75, 3.05) is 6.61 Å². The second kappa shape index (κ2) is 4.19. The monoisotopic (exact) mass is 178 g/mol. The third-order valence-corrected chi connectivity index (χ3v) is 2.17. The van der Waals surface area contributed by atoms with E-state index in [4.69, 9.17) is 5.11 Å². The molecule has 0 saturated carbocycles. The molecule has 70 valence electrons. The smallest absolute Gasteiger partial charge is 0.150 e. The van der Waals surface area contributed by atoms with Crippen molar-refractivity contribution < 1.29 is 9.90 Å². The molecular formula is C11H14O2. The van der Waals surface area contributed by atoms with Crippen LogP contribution in [0.3, 0.4) is 0 Å². The van der Waals surface area contributed by atoms with Gasteiger partial charge in [0.2, 0.25) is 0 Å². The Morgan fingerprint density at radius 3 is 2.77 bits per heavy atom. The molecule has 0 radical (unpaired) electrons. The van der Waals surface area contributed by atoms with Gasteiger partial charge >= 0.3 is 0 Å². The van der Waals surface area contributed by atoms with E-state index in [0.29, 0.717) is 5.56 Å². The highest BCUT2D eigenvalue weighted by Crippen LogP contribution is 2.19. The van der Waals surface area contributed by atoms with E-state index >= 15 is 0 Å². The highest BCUT2D eigenvalue weighted by Gasteiger charge is 2.08. The van der Waals surface area contributed by atoms with Crippen LogP contribution in [0.5, 0.6) is 0 Å². The topological polar surface area (TPSA) is 37.3 Å². The Balaban J connectivity index is 3.13. The molecule has 0 aliphatic rings. The van der Waals surface area contributed by atoms with Crippen LogP contribution in [0.15, 0.2) is 18.2 Å². The van der Waals surface area contributed by atoms with Crippen molar-refractivity contribution in [1.29, 1.82) is 0 Å². The second-order valence-corrected chi connectivity index (χ2v) is 3.33. The van der Waals surface area contributed by atoms with Gasteiger partial charge in [-0.05, 0) is 18.6 Å². The molecule has 0 aliphatic carbocycles.